The first-order valence-electron chi connectivity index (χ1n) is 8.19. The van der Waals surface area contributed by atoms with E-state index in [4.69, 9.17) is 11.6 Å². The minimum absolute atomic E-state index is 0.255. The molecule has 0 radical (unpaired) electrons. The lowest BCUT2D eigenvalue weighted by Crippen LogP contribution is -2.06. The van der Waals surface area contributed by atoms with Gasteiger partial charge in [0.1, 0.15) is 11.3 Å². The molecular weight excluding hydrogens is 336 g/mol. The van der Waals surface area contributed by atoms with Gasteiger partial charge in [0, 0.05) is 10.6 Å². The standard InChI is InChI=1S/C20H19ClN2O2/c1-3-5-17-18(20(24)25)19(14-8-10-15(21)11-9-14)22-23(17)16-7-4-6-13(2)12-16/h4,6-12H,3,5H2,1-2H3,(H,24,25). The Kier molecular flexibility index (Phi) is 4.91. The van der Waals surface area contributed by atoms with E-state index >= 15 is 0 Å². The van der Waals surface area contributed by atoms with Crippen LogP contribution < -0.4 is 0 Å². The second-order valence-electron chi connectivity index (χ2n) is 5.98. The highest BCUT2D eigenvalue weighted by Crippen LogP contribution is 2.29. The third-order valence-corrected chi connectivity index (χ3v) is 4.30. The van der Waals surface area contributed by atoms with Crippen LogP contribution in [0.25, 0.3) is 16.9 Å². The summed E-state index contributed by atoms with van der Waals surface area (Å²) in [5, 5.41) is 15.1. The van der Waals surface area contributed by atoms with Gasteiger partial charge in [0.25, 0.3) is 0 Å². The molecule has 128 valence electrons. The molecule has 0 spiro atoms. The number of carboxylic acid groups (broad SMARTS) is 1. The smallest absolute Gasteiger partial charge is 0.339 e. The summed E-state index contributed by atoms with van der Waals surface area (Å²) in [5.74, 6) is -0.965. The largest absolute Gasteiger partial charge is 0.478 e. The van der Waals surface area contributed by atoms with Crippen LogP contribution in [-0.2, 0) is 6.42 Å². The Bertz CT molecular complexity index is 914. The molecule has 1 aromatic heterocycles. The molecule has 0 aliphatic rings. The van der Waals surface area contributed by atoms with Gasteiger partial charge >= 0.3 is 5.97 Å². The summed E-state index contributed by atoms with van der Waals surface area (Å²) in [7, 11) is 0. The second kappa shape index (κ2) is 7.11. The molecule has 0 bridgehead atoms. The maximum Gasteiger partial charge on any atom is 0.339 e. The molecule has 0 amide bonds. The van der Waals surface area contributed by atoms with Crippen molar-refractivity contribution in [3.05, 3.63) is 70.4 Å². The van der Waals surface area contributed by atoms with Gasteiger partial charge < -0.3 is 5.11 Å². The Labute approximate surface area is 151 Å². The van der Waals surface area contributed by atoms with Crippen molar-refractivity contribution in [2.24, 2.45) is 0 Å². The molecule has 1 heterocycles. The van der Waals surface area contributed by atoms with E-state index in [9.17, 15) is 9.90 Å². The van der Waals surface area contributed by atoms with Gasteiger partial charge in [-0.15, -0.1) is 0 Å². The fraction of sp³-hybridized carbons (Fsp3) is 0.200. The molecule has 0 fully saturated rings. The highest BCUT2D eigenvalue weighted by Gasteiger charge is 2.24. The maximum absolute atomic E-state index is 12.0. The van der Waals surface area contributed by atoms with Crippen molar-refractivity contribution in [3.63, 3.8) is 0 Å². The Hall–Kier alpha value is -2.59. The monoisotopic (exact) mass is 354 g/mol. The fourth-order valence-corrected chi connectivity index (χ4v) is 3.05. The van der Waals surface area contributed by atoms with Gasteiger partial charge in [0.15, 0.2) is 0 Å². The van der Waals surface area contributed by atoms with Crippen LogP contribution in [0.15, 0.2) is 48.5 Å². The Morgan fingerprint density at radius 1 is 1.20 bits per heavy atom. The maximum atomic E-state index is 12.0. The summed E-state index contributed by atoms with van der Waals surface area (Å²) in [5.41, 5.74) is 4.14. The molecule has 2 aromatic carbocycles. The number of aryl methyl sites for hydroxylation is 1. The van der Waals surface area contributed by atoms with Gasteiger partial charge in [-0.05, 0) is 43.2 Å². The van der Waals surface area contributed by atoms with Crippen LogP contribution in [0.2, 0.25) is 5.02 Å². The number of nitrogens with zero attached hydrogens (tertiary/aromatic N) is 2. The quantitative estimate of drug-likeness (QED) is 0.689. The summed E-state index contributed by atoms with van der Waals surface area (Å²) in [6, 6.07) is 15.0. The SMILES string of the molecule is CCCc1c(C(=O)O)c(-c2ccc(Cl)cc2)nn1-c1cccc(C)c1. The first-order valence-corrected chi connectivity index (χ1v) is 8.57. The molecule has 0 aliphatic carbocycles. The van der Waals surface area contributed by atoms with Crippen LogP contribution in [0.3, 0.4) is 0 Å². The first-order chi connectivity index (χ1) is 12.0. The number of benzene rings is 2. The first kappa shape index (κ1) is 17.2. The van der Waals surface area contributed by atoms with Crippen molar-refractivity contribution < 1.29 is 9.90 Å². The molecule has 5 heteroatoms. The highest BCUT2D eigenvalue weighted by atomic mass is 35.5. The average Bonchev–Trinajstić information content (AvgIpc) is 2.95. The molecular formula is C20H19ClN2O2. The van der Waals surface area contributed by atoms with Crippen molar-refractivity contribution in [1.29, 1.82) is 0 Å². The molecule has 0 saturated carbocycles. The number of hydrogen-bond donors (Lipinski definition) is 1. The molecule has 0 unspecified atom stereocenters. The Morgan fingerprint density at radius 2 is 1.92 bits per heavy atom. The summed E-state index contributed by atoms with van der Waals surface area (Å²) < 4.78 is 1.75. The predicted molar refractivity (Wildman–Crippen MR) is 99.7 cm³/mol. The average molecular weight is 355 g/mol. The zero-order valence-electron chi connectivity index (χ0n) is 14.2. The van der Waals surface area contributed by atoms with Gasteiger partial charge in [-0.3, -0.25) is 0 Å². The van der Waals surface area contributed by atoms with E-state index in [2.05, 4.69) is 5.10 Å². The predicted octanol–water partition coefficient (Wildman–Crippen LogP) is 5.15. The molecule has 4 nitrogen and oxygen atoms in total. The van der Waals surface area contributed by atoms with Crippen LogP contribution in [0.4, 0.5) is 0 Å². The van der Waals surface area contributed by atoms with Crippen molar-refractivity contribution in [3.8, 4) is 16.9 Å². The van der Waals surface area contributed by atoms with Crippen LogP contribution >= 0.6 is 11.6 Å². The number of aromatic carboxylic acids is 1. The molecule has 0 atom stereocenters. The molecule has 1 N–H and O–H groups in total. The van der Waals surface area contributed by atoms with E-state index in [1.807, 2.05) is 38.1 Å². The fourth-order valence-electron chi connectivity index (χ4n) is 2.93. The number of hydrogen-bond acceptors (Lipinski definition) is 2. The topological polar surface area (TPSA) is 55.1 Å². The van der Waals surface area contributed by atoms with E-state index in [1.54, 1.807) is 28.9 Å². The Morgan fingerprint density at radius 3 is 2.52 bits per heavy atom. The van der Waals surface area contributed by atoms with E-state index in [0.717, 1.165) is 23.2 Å². The number of rotatable bonds is 5. The number of halogens is 1. The van der Waals surface area contributed by atoms with Crippen molar-refractivity contribution in [1.82, 2.24) is 9.78 Å². The normalized spacial score (nSPS) is 10.8. The zero-order valence-corrected chi connectivity index (χ0v) is 14.9. The molecule has 0 aliphatic heterocycles. The van der Waals surface area contributed by atoms with Crippen molar-refractivity contribution in [2.75, 3.05) is 0 Å². The van der Waals surface area contributed by atoms with Crippen LogP contribution in [0, 0.1) is 6.92 Å². The lowest BCUT2D eigenvalue weighted by Gasteiger charge is -2.08. The lowest BCUT2D eigenvalue weighted by atomic mass is 10.0. The number of carbonyl (C=O) groups is 1. The molecule has 3 aromatic rings. The molecule has 0 saturated heterocycles. The lowest BCUT2D eigenvalue weighted by molar-refractivity contribution is 0.0696. The second-order valence-corrected chi connectivity index (χ2v) is 6.42. The third-order valence-electron chi connectivity index (χ3n) is 4.05. The van der Waals surface area contributed by atoms with E-state index in [0.29, 0.717) is 22.8 Å². The highest BCUT2D eigenvalue weighted by molar-refractivity contribution is 6.30. The van der Waals surface area contributed by atoms with E-state index in [-0.39, 0.29) is 5.56 Å². The van der Waals surface area contributed by atoms with Crippen LogP contribution in [-0.4, -0.2) is 20.9 Å². The summed E-state index contributed by atoms with van der Waals surface area (Å²) in [6.45, 7) is 4.03. The molecule has 25 heavy (non-hydrogen) atoms. The van der Waals surface area contributed by atoms with Gasteiger partial charge in [0.2, 0.25) is 0 Å². The van der Waals surface area contributed by atoms with E-state index < -0.39 is 5.97 Å². The summed E-state index contributed by atoms with van der Waals surface area (Å²) in [4.78, 5) is 12.0. The molecule has 3 rings (SSSR count). The number of aromatic nitrogens is 2. The minimum atomic E-state index is -0.965. The number of carboxylic acids is 1. The minimum Gasteiger partial charge on any atom is -0.478 e. The van der Waals surface area contributed by atoms with Crippen LogP contribution in [0.5, 0.6) is 0 Å². The van der Waals surface area contributed by atoms with Gasteiger partial charge in [-0.1, -0.05) is 49.2 Å². The van der Waals surface area contributed by atoms with Crippen molar-refractivity contribution in [2.45, 2.75) is 26.7 Å². The van der Waals surface area contributed by atoms with E-state index in [1.165, 1.54) is 0 Å². The van der Waals surface area contributed by atoms with Crippen molar-refractivity contribution >= 4 is 17.6 Å². The summed E-state index contributed by atoms with van der Waals surface area (Å²) in [6.07, 6.45) is 1.47. The van der Waals surface area contributed by atoms with Gasteiger partial charge in [0.05, 0.1) is 11.4 Å². The Balaban J connectivity index is 2.26. The van der Waals surface area contributed by atoms with Crippen LogP contribution in [0.1, 0.15) is 35.0 Å². The third kappa shape index (κ3) is 3.44. The van der Waals surface area contributed by atoms with Gasteiger partial charge in [-0.2, -0.15) is 5.10 Å². The zero-order chi connectivity index (χ0) is 18.0. The van der Waals surface area contributed by atoms with Gasteiger partial charge in [-0.25, -0.2) is 9.48 Å². The summed E-state index contributed by atoms with van der Waals surface area (Å²) >= 11 is 5.96.